The van der Waals surface area contributed by atoms with Gasteiger partial charge in [0.15, 0.2) is 0 Å². The highest BCUT2D eigenvalue weighted by atomic mass is 19.1. The molecule has 2 nitrogen and oxygen atoms in total. The van der Waals surface area contributed by atoms with Gasteiger partial charge in [-0.1, -0.05) is 18.2 Å². The second-order valence-electron chi connectivity index (χ2n) is 1.81. The SMILES string of the molecule is Fc1ccccc1.NCCO. The summed E-state index contributed by atoms with van der Waals surface area (Å²) in [6.45, 7) is 0.472. The van der Waals surface area contributed by atoms with Crippen LogP contribution >= 0.6 is 0 Å². The van der Waals surface area contributed by atoms with E-state index in [1.54, 1.807) is 18.2 Å². The number of benzene rings is 1. The van der Waals surface area contributed by atoms with Crippen molar-refractivity contribution in [2.75, 3.05) is 13.2 Å². The molecular weight excluding hydrogens is 145 g/mol. The Morgan fingerprint density at radius 2 is 1.73 bits per heavy atom. The van der Waals surface area contributed by atoms with Crippen molar-refractivity contribution in [3.8, 4) is 0 Å². The topological polar surface area (TPSA) is 46.2 Å². The zero-order valence-corrected chi connectivity index (χ0v) is 6.20. The first-order chi connectivity index (χ1) is 5.31. The van der Waals surface area contributed by atoms with Crippen molar-refractivity contribution in [3.63, 3.8) is 0 Å². The maximum absolute atomic E-state index is 11.9. The molecule has 3 heteroatoms. The van der Waals surface area contributed by atoms with Crippen LogP contribution in [0.15, 0.2) is 30.3 Å². The Morgan fingerprint density at radius 1 is 1.27 bits per heavy atom. The molecule has 1 rings (SSSR count). The molecule has 0 radical (unpaired) electrons. The fraction of sp³-hybridized carbons (Fsp3) is 0.250. The predicted molar refractivity (Wildman–Crippen MR) is 42.5 cm³/mol. The fourth-order valence-electron chi connectivity index (χ4n) is 0.415. The van der Waals surface area contributed by atoms with Crippen LogP contribution in [0.5, 0.6) is 0 Å². The minimum absolute atomic E-state index is 0.0972. The van der Waals surface area contributed by atoms with Gasteiger partial charge in [0.2, 0.25) is 0 Å². The number of hydrogen-bond donors (Lipinski definition) is 2. The van der Waals surface area contributed by atoms with Crippen molar-refractivity contribution in [1.82, 2.24) is 0 Å². The van der Waals surface area contributed by atoms with Crippen molar-refractivity contribution in [3.05, 3.63) is 36.1 Å². The standard InChI is InChI=1S/C6H5F.C2H7NO/c7-6-4-2-1-3-5-6;3-1-2-4/h1-5H;4H,1-3H2. The molecule has 3 N–H and O–H groups in total. The average molecular weight is 157 g/mol. The summed E-state index contributed by atoms with van der Waals surface area (Å²) in [5, 5.41) is 7.75. The molecule has 0 aliphatic carbocycles. The third-order valence-electron chi connectivity index (χ3n) is 0.862. The molecule has 0 atom stereocenters. The largest absolute Gasteiger partial charge is 0.395 e. The summed E-state index contributed by atoms with van der Waals surface area (Å²) in [6, 6.07) is 7.94. The van der Waals surface area contributed by atoms with Gasteiger partial charge in [0.05, 0.1) is 6.61 Å². The number of halogens is 1. The normalized spacial score (nSPS) is 8.27. The molecule has 0 amide bonds. The molecule has 0 fully saturated rings. The van der Waals surface area contributed by atoms with Gasteiger partial charge in [0, 0.05) is 6.54 Å². The van der Waals surface area contributed by atoms with Crippen LogP contribution in [0.25, 0.3) is 0 Å². The van der Waals surface area contributed by atoms with Gasteiger partial charge in [-0.15, -0.1) is 0 Å². The van der Waals surface area contributed by atoms with E-state index in [9.17, 15) is 4.39 Å². The number of aliphatic hydroxyl groups is 1. The second-order valence-corrected chi connectivity index (χ2v) is 1.81. The van der Waals surface area contributed by atoms with Crippen LogP contribution in [0.1, 0.15) is 0 Å². The Bertz CT molecular complexity index is 165. The highest BCUT2D eigenvalue weighted by molar-refractivity contribution is 5.02. The van der Waals surface area contributed by atoms with E-state index in [-0.39, 0.29) is 12.4 Å². The molecule has 0 aliphatic heterocycles. The minimum atomic E-state index is -0.178. The molecule has 62 valence electrons. The number of rotatable bonds is 1. The third kappa shape index (κ3) is 6.96. The van der Waals surface area contributed by atoms with E-state index in [1.165, 1.54) is 12.1 Å². The van der Waals surface area contributed by atoms with Gasteiger partial charge in [-0.3, -0.25) is 0 Å². The summed E-state index contributed by atoms with van der Waals surface area (Å²) < 4.78 is 11.9. The van der Waals surface area contributed by atoms with E-state index >= 15 is 0 Å². The molecular formula is C8H12FNO. The summed E-state index contributed by atoms with van der Waals surface area (Å²) in [4.78, 5) is 0. The Morgan fingerprint density at radius 3 is 1.91 bits per heavy atom. The van der Waals surface area contributed by atoms with E-state index < -0.39 is 0 Å². The van der Waals surface area contributed by atoms with Gasteiger partial charge in [-0.05, 0) is 12.1 Å². The van der Waals surface area contributed by atoms with Crippen LogP contribution in [0.4, 0.5) is 4.39 Å². The zero-order chi connectivity index (χ0) is 8.53. The lowest BCUT2D eigenvalue weighted by Gasteiger charge is -1.78. The lowest BCUT2D eigenvalue weighted by atomic mass is 10.4. The second kappa shape index (κ2) is 7.18. The summed E-state index contributed by atoms with van der Waals surface area (Å²) in [7, 11) is 0. The fourth-order valence-corrected chi connectivity index (χ4v) is 0.415. The van der Waals surface area contributed by atoms with Gasteiger partial charge < -0.3 is 10.8 Å². The monoisotopic (exact) mass is 157 g/mol. The van der Waals surface area contributed by atoms with Gasteiger partial charge in [0.1, 0.15) is 5.82 Å². The quantitative estimate of drug-likeness (QED) is 0.632. The van der Waals surface area contributed by atoms with E-state index in [1.807, 2.05) is 0 Å². The molecule has 0 aromatic heterocycles. The summed E-state index contributed by atoms with van der Waals surface area (Å²) in [5.74, 6) is -0.178. The summed E-state index contributed by atoms with van der Waals surface area (Å²) in [6.07, 6.45) is 0. The van der Waals surface area contributed by atoms with Gasteiger partial charge >= 0.3 is 0 Å². The lowest BCUT2D eigenvalue weighted by molar-refractivity contribution is 0.306. The molecule has 1 aromatic carbocycles. The van der Waals surface area contributed by atoms with Crippen LogP contribution in [0.2, 0.25) is 0 Å². The van der Waals surface area contributed by atoms with E-state index in [4.69, 9.17) is 10.8 Å². The van der Waals surface area contributed by atoms with Crippen LogP contribution in [0, 0.1) is 5.82 Å². The first-order valence-electron chi connectivity index (χ1n) is 3.32. The minimum Gasteiger partial charge on any atom is -0.395 e. The van der Waals surface area contributed by atoms with Gasteiger partial charge in [-0.2, -0.15) is 0 Å². The molecule has 0 saturated carbocycles. The highest BCUT2D eigenvalue weighted by Crippen LogP contribution is 1.91. The average Bonchev–Trinajstić information content (AvgIpc) is 2.07. The predicted octanol–water partition coefficient (Wildman–Crippen LogP) is 0.763. The Hall–Kier alpha value is -0.930. The summed E-state index contributed by atoms with van der Waals surface area (Å²) >= 11 is 0. The molecule has 0 heterocycles. The van der Waals surface area contributed by atoms with Gasteiger partial charge in [-0.25, -0.2) is 4.39 Å². The maximum Gasteiger partial charge on any atom is 0.123 e. The van der Waals surface area contributed by atoms with Gasteiger partial charge in [0.25, 0.3) is 0 Å². The first-order valence-corrected chi connectivity index (χ1v) is 3.32. The van der Waals surface area contributed by atoms with E-state index in [0.717, 1.165) is 0 Å². The highest BCUT2D eigenvalue weighted by Gasteiger charge is 1.77. The molecule has 0 aliphatic rings. The van der Waals surface area contributed by atoms with Crippen molar-refractivity contribution in [1.29, 1.82) is 0 Å². The van der Waals surface area contributed by atoms with Crippen LogP contribution in [-0.4, -0.2) is 18.3 Å². The number of aliphatic hydroxyl groups excluding tert-OH is 1. The number of nitrogens with two attached hydrogens (primary N) is 1. The number of hydrogen-bond acceptors (Lipinski definition) is 2. The Kier molecular flexibility index (Phi) is 6.57. The van der Waals surface area contributed by atoms with Crippen molar-refractivity contribution >= 4 is 0 Å². The van der Waals surface area contributed by atoms with Crippen LogP contribution < -0.4 is 5.73 Å². The van der Waals surface area contributed by atoms with E-state index in [0.29, 0.717) is 6.54 Å². The first kappa shape index (κ1) is 10.1. The molecule has 0 unspecified atom stereocenters. The van der Waals surface area contributed by atoms with Crippen LogP contribution in [-0.2, 0) is 0 Å². The Labute approximate surface area is 65.5 Å². The molecule has 0 saturated heterocycles. The maximum atomic E-state index is 11.9. The third-order valence-corrected chi connectivity index (χ3v) is 0.862. The van der Waals surface area contributed by atoms with E-state index in [2.05, 4.69) is 0 Å². The van der Waals surface area contributed by atoms with Crippen molar-refractivity contribution in [2.24, 2.45) is 5.73 Å². The zero-order valence-electron chi connectivity index (χ0n) is 6.20. The smallest absolute Gasteiger partial charge is 0.123 e. The van der Waals surface area contributed by atoms with Crippen LogP contribution in [0.3, 0.4) is 0 Å². The van der Waals surface area contributed by atoms with Crippen molar-refractivity contribution in [2.45, 2.75) is 0 Å². The molecule has 0 bridgehead atoms. The summed E-state index contributed by atoms with van der Waals surface area (Å²) in [5.41, 5.74) is 4.78. The molecule has 1 aromatic rings. The molecule has 11 heavy (non-hydrogen) atoms. The lowest BCUT2D eigenvalue weighted by Crippen LogP contribution is -2.02. The molecule has 0 spiro atoms. The Balaban J connectivity index is 0.000000218. The van der Waals surface area contributed by atoms with Crippen molar-refractivity contribution < 1.29 is 9.50 Å².